The SMILES string of the molecule is [Cl][Pd][Cl].[NH-]C(CC(N)=O)C(=O)O. The molecule has 0 aliphatic heterocycles. The summed E-state index contributed by atoms with van der Waals surface area (Å²) < 4.78 is 0. The molecule has 0 fully saturated rings. The van der Waals surface area contributed by atoms with E-state index in [0.29, 0.717) is 0 Å². The number of amides is 1. The molecule has 0 rings (SSSR count). The Bertz CT molecular complexity index is 157. The molecule has 0 bridgehead atoms. The van der Waals surface area contributed by atoms with Gasteiger partial charge in [-0.1, -0.05) is 0 Å². The van der Waals surface area contributed by atoms with Crippen molar-refractivity contribution in [3.63, 3.8) is 0 Å². The molecule has 0 aliphatic rings. The van der Waals surface area contributed by atoms with Crippen LogP contribution < -0.4 is 5.73 Å². The van der Waals surface area contributed by atoms with Crippen molar-refractivity contribution in [2.24, 2.45) is 5.73 Å². The molecule has 0 heterocycles. The van der Waals surface area contributed by atoms with Crippen LogP contribution in [0.3, 0.4) is 0 Å². The average molecular weight is 308 g/mol. The van der Waals surface area contributed by atoms with Gasteiger partial charge in [-0.15, -0.1) is 0 Å². The van der Waals surface area contributed by atoms with Crippen molar-refractivity contribution in [2.75, 3.05) is 0 Å². The molecular weight excluding hydrogens is 301 g/mol. The number of carbonyl (C=O) groups excluding carboxylic acids is 1. The molecule has 4 N–H and O–H groups in total. The molecule has 0 aromatic carbocycles. The van der Waals surface area contributed by atoms with E-state index >= 15 is 0 Å². The number of aliphatic carboxylic acids is 1. The second-order valence-electron chi connectivity index (χ2n) is 1.61. The summed E-state index contributed by atoms with van der Waals surface area (Å²) in [5.41, 5.74) is 11.3. The van der Waals surface area contributed by atoms with E-state index in [9.17, 15) is 9.59 Å². The first kappa shape index (κ1) is 14.7. The summed E-state index contributed by atoms with van der Waals surface area (Å²) in [5.74, 6) is -2.09. The summed E-state index contributed by atoms with van der Waals surface area (Å²) in [7, 11) is 9.63. The van der Waals surface area contributed by atoms with Gasteiger partial charge in [0.05, 0.1) is 0 Å². The van der Waals surface area contributed by atoms with Crippen molar-refractivity contribution in [2.45, 2.75) is 12.5 Å². The molecule has 12 heavy (non-hydrogen) atoms. The van der Waals surface area contributed by atoms with Gasteiger partial charge in [-0.05, 0) is 6.04 Å². The van der Waals surface area contributed by atoms with E-state index in [0.717, 1.165) is 0 Å². The van der Waals surface area contributed by atoms with Gasteiger partial charge in [0.1, 0.15) is 0 Å². The van der Waals surface area contributed by atoms with E-state index in [1.165, 1.54) is 0 Å². The number of rotatable bonds is 3. The van der Waals surface area contributed by atoms with Gasteiger partial charge < -0.3 is 16.6 Å². The van der Waals surface area contributed by atoms with Crippen molar-refractivity contribution in [1.82, 2.24) is 0 Å². The quantitative estimate of drug-likeness (QED) is 0.751. The third-order valence-electron chi connectivity index (χ3n) is 0.703. The predicted octanol–water partition coefficient (Wildman–Crippen LogP) is 0.744. The minimum absolute atomic E-state index is 0.106. The molecule has 0 aromatic heterocycles. The summed E-state index contributed by atoms with van der Waals surface area (Å²) in [4.78, 5) is 19.8. The summed E-state index contributed by atoms with van der Waals surface area (Å²) in [5, 5.41) is 8.04. The van der Waals surface area contributed by atoms with E-state index < -0.39 is 24.3 Å². The van der Waals surface area contributed by atoms with Crippen LogP contribution in [0.5, 0.6) is 0 Å². The largest absolute Gasteiger partial charge is 0.665 e. The maximum absolute atomic E-state index is 9.95. The number of hydrogen-bond donors (Lipinski definition) is 2. The molecule has 1 unspecified atom stereocenters. The Balaban J connectivity index is 0. The van der Waals surface area contributed by atoms with Gasteiger partial charge in [-0.25, -0.2) is 0 Å². The molecule has 1 amide bonds. The topological polar surface area (TPSA) is 104 Å². The van der Waals surface area contributed by atoms with Gasteiger partial charge in [-0.2, -0.15) is 0 Å². The Morgan fingerprint density at radius 1 is 1.58 bits per heavy atom. The first-order valence-electron chi connectivity index (χ1n) is 2.50. The maximum Gasteiger partial charge on any atom is 0.285 e. The van der Waals surface area contributed by atoms with Gasteiger partial charge in [0, 0.05) is 6.42 Å². The first-order chi connectivity index (χ1) is 5.45. The van der Waals surface area contributed by atoms with Crippen LogP contribution in [-0.4, -0.2) is 23.0 Å². The fourth-order valence-electron chi connectivity index (χ4n) is 0.288. The van der Waals surface area contributed by atoms with Crippen molar-refractivity contribution >= 4 is 30.9 Å². The molecule has 8 heteroatoms. The van der Waals surface area contributed by atoms with Gasteiger partial charge in [0.25, 0.3) is 5.97 Å². The number of primary amides is 1. The van der Waals surface area contributed by atoms with E-state index in [1.807, 2.05) is 0 Å². The molecule has 5 nitrogen and oxygen atoms in total. The van der Waals surface area contributed by atoms with Crippen LogP contribution in [0.25, 0.3) is 5.73 Å². The van der Waals surface area contributed by atoms with Crippen LogP contribution in [0.2, 0.25) is 0 Å². The fraction of sp³-hybridized carbons (Fsp3) is 0.500. The van der Waals surface area contributed by atoms with Crippen LogP contribution >= 0.6 is 19.1 Å². The summed E-state index contributed by atoms with van der Waals surface area (Å²) in [6.07, 6.45) is -0.421. The van der Waals surface area contributed by atoms with E-state index in [-0.39, 0.29) is 15.9 Å². The van der Waals surface area contributed by atoms with Gasteiger partial charge in [-0.3, -0.25) is 9.59 Å². The maximum atomic E-state index is 9.95. The first-order valence-corrected chi connectivity index (χ1v) is 6.50. The zero-order chi connectivity index (χ0) is 10.1. The smallest absolute Gasteiger partial charge is 0.285 e. The van der Waals surface area contributed by atoms with Crippen molar-refractivity contribution < 1.29 is 30.6 Å². The standard InChI is InChI=1S/C4H7N2O3.2ClH.Pd/c5-2(4(8)9)1-3(6)7;;;/h2,5H,1H2,(H2,6,7)(H,8,9);2*1H;/q-1;;;+2/p-2. The Kier molecular flexibility index (Phi) is 11.3. The van der Waals surface area contributed by atoms with E-state index in [1.54, 1.807) is 0 Å². The van der Waals surface area contributed by atoms with Crippen molar-refractivity contribution in [3.05, 3.63) is 5.73 Å². The van der Waals surface area contributed by atoms with Crippen LogP contribution in [0.1, 0.15) is 6.42 Å². The fourth-order valence-corrected chi connectivity index (χ4v) is 0.288. The van der Waals surface area contributed by atoms with Crippen LogP contribution in [0.15, 0.2) is 0 Å². The number of nitrogens with two attached hydrogens (primary N) is 1. The molecule has 0 saturated heterocycles. The third kappa shape index (κ3) is 12.8. The molecule has 76 valence electrons. The van der Waals surface area contributed by atoms with Crippen molar-refractivity contribution in [1.29, 1.82) is 0 Å². The minimum Gasteiger partial charge on any atom is -0.665 e. The van der Waals surface area contributed by atoms with Gasteiger partial charge >= 0.3 is 35.0 Å². The number of hydrogen-bond acceptors (Lipinski definition) is 2. The summed E-state index contributed by atoms with van der Waals surface area (Å²) in [6, 6.07) is -1.41. The monoisotopic (exact) mass is 307 g/mol. The number of halogens is 2. The van der Waals surface area contributed by atoms with Crippen LogP contribution in [0, 0.1) is 0 Å². The Morgan fingerprint density at radius 3 is 2.00 bits per heavy atom. The second kappa shape index (κ2) is 9.23. The van der Waals surface area contributed by atoms with Gasteiger partial charge in [0.15, 0.2) is 0 Å². The minimum atomic E-state index is -1.41. The zero-order valence-corrected chi connectivity index (χ0v) is 8.76. The van der Waals surface area contributed by atoms with Crippen molar-refractivity contribution in [3.8, 4) is 0 Å². The number of carbonyl (C=O) groups is 2. The Morgan fingerprint density at radius 2 is 1.92 bits per heavy atom. The van der Waals surface area contributed by atoms with Crippen LogP contribution in [0.4, 0.5) is 0 Å². The molecule has 1 atom stereocenters. The van der Waals surface area contributed by atoms with Gasteiger partial charge in [0.2, 0.25) is 5.91 Å². The average Bonchev–Trinajstić information content (AvgIpc) is 1.87. The molecule has 0 saturated carbocycles. The molecule has 0 aliphatic carbocycles. The van der Waals surface area contributed by atoms with Crippen LogP contribution in [-0.2, 0) is 25.5 Å². The summed E-state index contributed by atoms with van der Waals surface area (Å²) >= 11 is -0.106. The predicted molar refractivity (Wildman–Crippen MR) is 41.3 cm³/mol. The van der Waals surface area contributed by atoms with E-state index in [2.05, 4.69) is 5.73 Å². The number of carboxylic acid groups (broad SMARTS) is 1. The zero-order valence-electron chi connectivity index (χ0n) is 5.70. The second-order valence-corrected chi connectivity index (χ2v) is 3.97. The van der Waals surface area contributed by atoms with E-state index in [4.69, 9.17) is 29.9 Å². The molecule has 0 radical (unpaired) electrons. The number of carboxylic acids is 1. The Hall–Kier alpha value is 0.142. The third-order valence-corrected chi connectivity index (χ3v) is 0.703. The summed E-state index contributed by atoms with van der Waals surface area (Å²) in [6.45, 7) is 0. The normalized spacial score (nSPS) is 11.2. The Labute approximate surface area is 85.5 Å². The molecule has 0 spiro atoms. The number of nitrogens with one attached hydrogen (secondary N) is 1. The molecule has 0 aromatic rings. The molecular formula is C4H7Cl2N2O3Pd-.